The van der Waals surface area contributed by atoms with Gasteiger partial charge in [-0.3, -0.25) is 4.79 Å². The van der Waals surface area contributed by atoms with Gasteiger partial charge in [-0.05, 0) is 43.5 Å². The van der Waals surface area contributed by atoms with Crippen molar-refractivity contribution in [2.45, 2.75) is 39.8 Å². The highest BCUT2D eigenvalue weighted by molar-refractivity contribution is 5.80. The van der Waals surface area contributed by atoms with Crippen LogP contribution in [0.2, 0.25) is 0 Å². The zero-order valence-corrected chi connectivity index (χ0v) is 12.9. The Hall–Kier alpha value is -1.71. The van der Waals surface area contributed by atoms with E-state index < -0.39 is 0 Å². The summed E-state index contributed by atoms with van der Waals surface area (Å²) in [6.45, 7) is 6.73. The Kier molecular flexibility index (Phi) is 4.21. The van der Waals surface area contributed by atoms with Crippen LogP contribution in [0.15, 0.2) is 12.1 Å². The molecule has 1 aliphatic heterocycles. The van der Waals surface area contributed by atoms with Gasteiger partial charge in [0.25, 0.3) is 0 Å². The van der Waals surface area contributed by atoms with E-state index in [9.17, 15) is 4.79 Å². The number of methoxy groups -OCH3 is 2. The highest BCUT2D eigenvalue weighted by Crippen LogP contribution is 2.34. The fourth-order valence-electron chi connectivity index (χ4n) is 2.70. The lowest BCUT2D eigenvalue weighted by atomic mass is 9.98. The minimum absolute atomic E-state index is 0.00301. The summed E-state index contributed by atoms with van der Waals surface area (Å²) in [6.07, 6.45) is 0.748. The summed E-state index contributed by atoms with van der Waals surface area (Å²) < 4.78 is 10.7. The van der Waals surface area contributed by atoms with Gasteiger partial charge in [0.1, 0.15) is 0 Å². The predicted octanol–water partition coefficient (Wildman–Crippen LogP) is 2.63. The first-order valence-electron chi connectivity index (χ1n) is 7.02. The van der Waals surface area contributed by atoms with E-state index in [1.807, 2.05) is 24.0 Å². The largest absolute Gasteiger partial charge is 0.493 e. The van der Waals surface area contributed by atoms with Crippen molar-refractivity contribution in [1.29, 1.82) is 0 Å². The summed E-state index contributed by atoms with van der Waals surface area (Å²) in [4.78, 5) is 14.4. The average Bonchev–Trinajstić information content (AvgIpc) is 2.55. The molecule has 0 bridgehead atoms. The number of carbonyl (C=O) groups excluding carboxylic acids is 1. The molecule has 1 aromatic carbocycles. The Balaban J connectivity index is 2.48. The molecule has 1 atom stereocenters. The number of nitrogens with zero attached hydrogens (tertiary/aromatic N) is 1. The van der Waals surface area contributed by atoms with Crippen LogP contribution in [-0.2, 0) is 17.8 Å². The normalized spacial score (nSPS) is 18.8. The third-order valence-electron chi connectivity index (χ3n) is 3.90. The molecule has 0 saturated carbocycles. The summed E-state index contributed by atoms with van der Waals surface area (Å²) >= 11 is 0. The van der Waals surface area contributed by atoms with Gasteiger partial charge in [-0.2, -0.15) is 0 Å². The van der Waals surface area contributed by atoms with Crippen LogP contribution < -0.4 is 9.47 Å². The molecule has 0 radical (unpaired) electrons. The fraction of sp³-hybridized carbons (Fsp3) is 0.562. The van der Waals surface area contributed by atoms with Gasteiger partial charge in [-0.1, -0.05) is 6.92 Å². The third kappa shape index (κ3) is 2.60. The second-order valence-corrected chi connectivity index (χ2v) is 5.64. The minimum Gasteiger partial charge on any atom is -0.493 e. The van der Waals surface area contributed by atoms with E-state index in [1.165, 1.54) is 5.56 Å². The van der Waals surface area contributed by atoms with Crippen LogP contribution in [0.5, 0.6) is 11.5 Å². The summed E-state index contributed by atoms with van der Waals surface area (Å²) in [5, 5.41) is 0. The van der Waals surface area contributed by atoms with Crippen LogP contribution in [0.3, 0.4) is 0 Å². The van der Waals surface area contributed by atoms with Crippen molar-refractivity contribution in [3.05, 3.63) is 23.3 Å². The van der Waals surface area contributed by atoms with Crippen molar-refractivity contribution in [2.75, 3.05) is 14.2 Å². The van der Waals surface area contributed by atoms with Crippen LogP contribution in [0.1, 0.15) is 31.9 Å². The van der Waals surface area contributed by atoms with E-state index in [1.54, 1.807) is 14.2 Å². The lowest BCUT2D eigenvalue weighted by Gasteiger charge is -2.27. The Labute approximate surface area is 120 Å². The zero-order chi connectivity index (χ0) is 14.9. The molecule has 1 unspecified atom stereocenters. The third-order valence-corrected chi connectivity index (χ3v) is 3.90. The van der Waals surface area contributed by atoms with Crippen molar-refractivity contribution in [2.24, 2.45) is 5.92 Å². The molecule has 0 saturated heterocycles. The van der Waals surface area contributed by atoms with E-state index in [2.05, 4.69) is 13.8 Å². The second-order valence-electron chi connectivity index (χ2n) is 5.64. The van der Waals surface area contributed by atoms with Crippen LogP contribution in [0.4, 0.5) is 0 Å². The van der Waals surface area contributed by atoms with Crippen molar-refractivity contribution < 1.29 is 14.3 Å². The maximum atomic E-state index is 12.4. The standard InChI is InChI=1S/C16H23NO3/c1-10(2)17-9-13-8-15(20-5)14(19-4)7-12(13)6-11(3)16(17)18/h7-8,10-11H,6,9H2,1-5H3. The molecule has 0 spiro atoms. The molecular weight excluding hydrogens is 254 g/mol. The molecule has 1 amide bonds. The number of carbonyl (C=O) groups is 1. The second kappa shape index (κ2) is 5.73. The maximum Gasteiger partial charge on any atom is 0.226 e. The molecule has 4 nitrogen and oxygen atoms in total. The quantitative estimate of drug-likeness (QED) is 0.852. The van der Waals surface area contributed by atoms with E-state index in [0.29, 0.717) is 6.54 Å². The number of benzene rings is 1. The maximum absolute atomic E-state index is 12.4. The first kappa shape index (κ1) is 14.7. The summed E-state index contributed by atoms with van der Waals surface area (Å²) in [6, 6.07) is 4.19. The van der Waals surface area contributed by atoms with Gasteiger partial charge >= 0.3 is 0 Å². The molecular formula is C16H23NO3. The monoisotopic (exact) mass is 277 g/mol. The highest BCUT2D eigenvalue weighted by Gasteiger charge is 2.29. The molecule has 0 aromatic heterocycles. The SMILES string of the molecule is COc1cc2c(cc1OC)CN(C(C)C)C(=O)C(C)C2. The van der Waals surface area contributed by atoms with E-state index in [0.717, 1.165) is 23.5 Å². The van der Waals surface area contributed by atoms with Gasteiger partial charge in [-0.25, -0.2) is 0 Å². The molecule has 0 aliphatic carbocycles. The molecule has 1 aromatic rings. The van der Waals surface area contributed by atoms with E-state index in [-0.39, 0.29) is 17.9 Å². The van der Waals surface area contributed by atoms with Crippen LogP contribution in [0, 0.1) is 5.92 Å². The summed E-state index contributed by atoms with van der Waals surface area (Å²) in [5.41, 5.74) is 2.32. The molecule has 20 heavy (non-hydrogen) atoms. The molecule has 110 valence electrons. The number of amides is 1. The number of hydrogen-bond donors (Lipinski definition) is 0. The van der Waals surface area contributed by atoms with Crippen molar-refractivity contribution >= 4 is 5.91 Å². The highest BCUT2D eigenvalue weighted by atomic mass is 16.5. The lowest BCUT2D eigenvalue weighted by Crippen LogP contribution is -2.38. The predicted molar refractivity (Wildman–Crippen MR) is 78.1 cm³/mol. The summed E-state index contributed by atoms with van der Waals surface area (Å²) in [7, 11) is 3.27. The Bertz CT molecular complexity index is 511. The Morgan fingerprint density at radius 1 is 1.15 bits per heavy atom. The van der Waals surface area contributed by atoms with Gasteiger partial charge < -0.3 is 14.4 Å². The fourth-order valence-corrected chi connectivity index (χ4v) is 2.70. The molecule has 2 rings (SSSR count). The van der Waals surface area contributed by atoms with Crippen LogP contribution >= 0.6 is 0 Å². The molecule has 1 aliphatic rings. The number of fused-ring (bicyclic) bond motifs is 1. The first-order chi connectivity index (χ1) is 9.47. The van der Waals surface area contributed by atoms with Gasteiger partial charge in [-0.15, -0.1) is 0 Å². The van der Waals surface area contributed by atoms with Crippen LogP contribution in [0.25, 0.3) is 0 Å². The van der Waals surface area contributed by atoms with Gasteiger partial charge in [0, 0.05) is 18.5 Å². The summed E-state index contributed by atoms with van der Waals surface area (Å²) in [5.74, 6) is 1.66. The van der Waals surface area contributed by atoms with Crippen LogP contribution in [-0.4, -0.2) is 31.1 Å². The number of rotatable bonds is 3. The molecule has 4 heteroatoms. The van der Waals surface area contributed by atoms with Gasteiger partial charge in [0.05, 0.1) is 14.2 Å². The Morgan fingerprint density at radius 3 is 2.20 bits per heavy atom. The topological polar surface area (TPSA) is 38.8 Å². The van der Waals surface area contributed by atoms with Crippen molar-refractivity contribution in [3.63, 3.8) is 0 Å². The molecule has 0 N–H and O–H groups in total. The first-order valence-corrected chi connectivity index (χ1v) is 7.02. The molecule has 0 fully saturated rings. The minimum atomic E-state index is -0.00301. The number of ether oxygens (including phenoxy) is 2. The van der Waals surface area contributed by atoms with Gasteiger partial charge in [0.2, 0.25) is 5.91 Å². The Morgan fingerprint density at radius 2 is 1.70 bits per heavy atom. The van der Waals surface area contributed by atoms with Crippen molar-refractivity contribution in [1.82, 2.24) is 4.90 Å². The average molecular weight is 277 g/mol. The van der Waals surface area contributed by atoms with Crippen molar-refractivity contribution in [3.8, 4) is 11.5 Å². The molecule has 1 heterocycles. The van der Waals surface area contributed by atoms with E-state index >= 15 is 0 Å². The number of hydrogen-bond acceptors (Lipinski definition) is 3. The van der Waals surface area contributed by atoms with Gasteiger partial charge in [0.15, 0.2) is 11.5 Å². The lowest BCUT2D eigenvalue weighted by molar-refractivity contribution is -0.136. The smallest absolute Gasteiger partial charge is 0.226 e. The van der Waals surface area contributed by atoms with E-state index in [4.69, 9.17) is 9.47 Å². The zero-order valence-electron chi connectivity index (χ0n) is 12.9.